The van der Waals surface area contributed by atoms with Gasteiger partial charge in [-0.25, -0.2) is 0 Å². The van der Waals surface area contributed by atoms with Crippen LogP contribution in [0.25, 0.3) is 0 Å². The zero-order valence-corrected chi connectivity index (χ0v) is 17.4. The Morgan fingerprint density at radius 3 is 2.35 bits per heavy atom. The van der Waals surface area contributed by atoms with Gasteiger partial charge in [-0.15, -0.1) is 0 Å². The van der Waals surface area contributed by atoms with Crippen LogP contribution in [0.5, 0.6) is 11.5 Å². The molecular weight excluding hydrogens is 396 g/mol. The number of fused-ring (bicyclic) bond motifs is 2. The van der Waals surface area contributed by atoms with Crippen molar-refractivity contribution in [3.8, 4) is 11.5 Å². The van der Waals surface area contributed by atoms with Crippen LogP contribution >= 0.6 is 0 Å². The largest absolute Gasteiger partial charge is 0.454 e. The predicted molar refractivity (Wildman–Crippen MR) is 112 cm³/mol. The summed E-state index contributed by atoms with van der Waals surface area (Å²) >= 11 is 0. The molecule has 2 heterocycles. The predicted octanol–water partition coefficient (Wildman–Crippen LogP) is 3.37. The van der Waals surface area contributed by atoms with Gasteiger partial charge >= 0.3 is 0 Å². The van der Waals surface area contributed by atoms with Gasteiger partial charge in [0.05, 0.1) is 11.1 Å². The summed E-state index contributed by atoms with van der Waals surface area (Å²) in [5.74, 6) is 0.345. The molecule has 0 N–H and O–H groups in total. The molecule has 0 saturated heterocycles. The van der Waals surface area contributed by atoms with E-state index in [1.807, 2.05) is 23.1 Å². The lowest BCUT2D eigenvalue weighted by molar-refractivity contribution is -0.138. The third-order valence-electron chi connectivity index (χ3n) is 6.41. The standard InChI is InChI=1S/C24H24N2O5/c1-15(26-23(28)18-8-4-5-9-19(18)24(26)29)22(27)25(17-6-2-3-7-17)13-16-10-11-20-21(12-16)31-14-30-20/h4-5,8-12,15,17H,2-3,6-7,13-14H2,1H3/t15-/m0/s1. The quantitative estimate of drug-likeness (QED) is 0.694. The molecule has 2 aromatic rings. The van der Waals surface area contributed by atoms with Crippen molar-refractivity contribution in [3.05, 3.63) is 59.2 Å². The molecular formula is C24H24N2O5. The Labute approximate surface area is 180 Å². The SMILES string of the molecule is C[C@@H](C(=O)N(Cc1ccc2c(c1)OCO2)C1CCCC1)N1C(=O)c2ccccc2C1=O. The molecule has 1 atom stereocenters. The number of carbonyl (C=O) groups is 3. The fourth-order valence-electron chi connectivity index (χ4n) is 4.75. The molecule has 3 amide bonds. The third-order valence-corrected chi connectivity index (χ3v) is 6.41. The fraction of sp³-hybridized carbons (Fsp3) is 0.375. The minimum atomic E-state index is -0.873. The number of amides is 3. The van der Waals surface area contributed by atoms with Gasteiger partial charge in [0, 0.05) is 12.6 Å². The minimum Gasteiger partial charge on any atom is -0.454 e. The van der Waals surface area contributed by atoms with Crippen molar-refractivity contribution in [1.82, 2.24) is 9.80 Å². The van der Waals surface area contributed by atoms with Crippen molar-refractivity contribution >= 4 is 17.7 Å². The highest BCUT2D eigenvalue weighted by molar-refractivity contribution is 6.22. The van der Waals surface area contributed by atoms with Crippen LogP contribution in [-0.2, 0) is 11.3 Å². The van der Waals surface area contributed by atoms with E-state index in [0.29, 0.717) is 29.2 Å². The van der Waals surface area contributed by atoms with E-state index in [-0.39, 0.29) is 18.7 Å². The number of nitrogens with zero attached hydrogens (tertiary/aromatic N) is 2. The molecule has 2 aliphatic heterocycles. The molecule has 0 spiro atoms. The summed E-state index contributed by atoms with van der Waals surface area (Å²) in [5.41, 5.74) is 1.64. The average Bonchev–Trinajstić information content (AvgIpc) is 3.52. The van der Waals surface area contributed by atoms with Gasteiger partial charge in [-0.1, -0.05) is 31.0 Å². The molecule has 0 radical (unpaired) electrons. The molecule has 1 saturated carbocycles. The Morgan fingerprint density at radius 1 is 1.03 bits per heavy atom. The first-order chi connectivity index (χ1) is 15.0. The summed E-state index contributed by atoms with van der Waals surface area (Å²) in [6.45, 7) is 2.24. The number of hydrogen-bond donors (Lipinski definition) is 0. The molecule has 160 valence electrons. The highest BCUT2D eigenvalue weighted by Gasteiger charge is 2.42. The second-order valence-corrected chi connectivity index (χ2v) is 8.29. The van der Waals surface area contributed by atoms with E-state index >= 15 is 0 Å². The first kappa shape index (κ1) is 19.6. The Kier molecular flexibility index (Phi) is 4.88. The number of ether oxygens (including phenoxy) is 2. The molecule has 7 heteroatoms. The fourth-order valence-corrected chi connectivity index (χ4v) is 4.75. The van der Waals surface area contributed by atoms with Crippen molar-refractivity contribution in [3.63, 3.8) is 0 Å². The van der Waals surface area contributed by atoms with E-state index in [4.69, 9.17) is 9.47 Å². The van der Waals surface area contributed by atoms with E-state index in [0.717, 1.165) is 36.1 Å². The minimum absolute atomic E-state index is 0.0931. The van der Waals surface area contributed by atoms with Crippen molar-refractivity contribution < 1.29 is 23.9 Å². The molecule has 0 aromatic heterocycles. The summed E-state index contributed by atoms with van der Waals surface area (Å²) < 4.78 is 10.9. The number of benzene rings is 2. The van der Waals surface area contributed by atoms with Crippen LogP contribution in [0.1, 0.15) is 58.9 Å². The number of hydrogen-bond acceptors (Lipinski definition) is 5. The normalized spacial score (nSPS) is 18.4. The summed E-state index contributed by atoms with van der Waals surface area (Å²) in [6.07, 6.45) is 3.98. The zero-order valence-electron chi connectivity index (χ0n) is 17.4. The molecule has 0 unspecified atom stereocenters. The molecule has 31 heavy (non-hydrogen) atoms. The Hall–Kier alpha value is -3.35. The van der Waals surface area contributed by atoms with E-state index in [9.17, 15) is 14.4 Å². The lowest BCUT2D eigenvalue weighted by atomic mass is 10.1. The Balaban J connectivity index is 1.41. The number of rotatable bonds is 5. The number of carbonyl (C=O) groups excluding carboxylic acids is 3. The second-order valence-electron chi connectivity index (χ2n) is 8.29. The van der Waals surface area contributed by atoms with Gasteiger partial charge in [0.2, 0.25) is 12.7 Å². The van der Waals surface area contributed by atoms with Crippen LogP contribution in [0.3, 0.4) is 0 Å². The van der Waals surface area contributed by atoms with E-state index in [2.05, 4.69) is 0 Å². The van der Waals surface area contributed by atoms with Crippen molar-refractivity contribution in [1.29, 1.82) is 0 Å². The lowest BCUT2D eigenvalue weighted by Crippen LogP contribution is -2.51. The van der Waals surface area contributed by atoms with Crippen LogP contribution < -0.4 is 9.47 Å². The molecule has 1 fully saturated rings. The van der Waals surface area contributed by atoms with Gasteiger partial charge in [-0.2, -0.15) is 0 Å². The van der Waals surface area contributed by atoms with Gasteiger partial charge in [0.15, 0.2) is 11.5 Å². The van der Waals surface area contributed by atoms with Gasteiger partial charge in [0.25, 0.3) is 11.8 Å². The topological polar surface area (TPSA) is 76.2 Å². The van der Waals surface area contributed by atoms with Gasteiger partial charge in [-0.05, 0) is 49.6 Å². The van der Waals surface area contributed by atoms with Gasteiger partial charge < -0.3 is 14.4 Å². The first-order valence-corrected chi connectivity index (χ1v) is 10.7. The summed E-state index contributed by atoms with van der Waals surface area (Å²) in [4.78, 5) is 42.3. The number of imide groups is 1. The van der Waals surface area contributed by atoms with E-state index < -0.39 is 17.9 Å². The smallest absolute Gasteiger partial charge is 0.262 e. The zero-order chi connectivity index (χ0) is 21.5. The molecule has 5 rings (SSSR count). The average molecular weight is 420 g/mol. The third kappa shape index (κ3) is 3.34. The second kappa shape index (κ2) is 7.72. The van der Waals surface area contributed by atoms with Crippen LogP contribution in [0.2, 0.25) is 0 Å². The van der Waals surface area contributed by atoms with Crippen LogP contribution in [-0.4, -0.2) is 46.4 Å². The summed E-state index contributed by atoms with van der Waals surface area (Å²) in [7, 11) is 0. The van der Waals surface area contributed by atoms with Gasteiger partial charge in [0.1, 0.15) is 6.04 Å². The molecule has 0 bridgehead atoms. The summed E-state index contributed by atoms with van der Waals surface area (Å²) in [5, 5.41) is 0. The van der Waals surface area contributed by atoms with Crippen molar-refractivity contribution in [2.24, 2.45) is 0 Å². The highest BCUT2D eigenvalue weighted by Crippen LogP contribution is 2.34. The van der Waals surface area contributed by atoms with Gasteiger partial charge in [-0.3, -0.25) is 19.3 Å². The molecule has 2 aromatic carbocycles. The molecule has 1 aliphatic carbocycles. The first-order valence-electron chi connectivity index (χ1n) is 10.7. The van der Waals surface area contributed by atoms with Crippen LogP contribution in [0.4, 0.5) is 0 Å². The maximum Gasteiger partial charge on any atom is 0.262 e. The maximum atomic E-state index is 13.6. The van der Waals surface area contributed by atoms with E-state index in [1.54, 1.807) is 31.2 Å². The van der Waals surface area contributed by atoms with Crippen molar-refractivity contribution in [2.45, 2.75) is 51.2 Å². The van der Waals surface area contributed by atoms with Crippen LogP contribution in [0.15, 0.2) is 42.5 Å². The monoisotopic (exact) mass is 420 g/mol. The van der Waals surface area contributed by atoms with Crippen LogP contribution in [0, 0.1) is 0 Å². The molecule has 7 nitrogen and oxygen atoms in total. The maximum absolute atomic E-state index is 13.6. The molecule has 3 aliphatic rings. The lowest BCUT2D eigenvalue weighted by Gasteiger charge is -2.34. The van der Waals surface area contributed by atoms with Crippen molar-refractivity contribution in [2.75, 3.05) is 6.79 Å². The Bertz CT molecular complexity index is 1020. The Morgan fingerprint density at radius 2 is 1.68 bits per heavy atom. The summed E-state index contributed by atoms with van der Waals surface area (Å²) in [6, 6.07) is 11.6. The highest BCUT2D eigenvalue weighted by atomic mass is 16.7. The van der Waals surface area contributed by atoms with E-state index in [1.165, 1.54) is 0 Å².